The fourth-order valence-electron chi connectivity index (χ4n) is 4.53. The molecule has 2 aliphatic heterocycles. The number of nitrogens with one attached hydrogen (secondary N) is 1. The van der Waals surface area contributed by atoms with Crippen LogP contribution in [0.25, 0.3) is 5.52 Å². The largest absolute Gasteiger partial charge is 0.381 e. The Morgan fingerprint density at radius 3 is 2.90 bits per heavy atom. The summed E-state index contributed by atoms with van der Waals surface area (Å²) in [5.74, 6) is 2.45. The molecular weight excluding hydrogens is 370 g/mol. The van der Waals surface area contributed by atoms with Crippen molar-refractivity contribution in [2.24, 2.45) is 5.92 Å². The van der Waals surface area contributed by atoms with Crippen molar-refractivity contribution in [2.75, 3.05) is 26.3 Å². The Balaban J connectivity index is 1.43. The third-order valence-electron chi connectivity index (χ3n) is 6.10. The van der Waals surface area contributed by atoms with E-state index in [-0.39, 0.29) is 17.4 Å². The van der Waals surface area contributed by atoms with Crippen molar-refractivity contribution in [1.29, 1.82) is 0 Å². The highest BCUT2D eigenvalue weighted by atomic mass is 16.5. The number of H-pyrrole nitrogens is 1. The standard InChI is InChI=1S/C20H25N7O2/c1-13-9-26(10-15-2-5-21-12-23-15)11-16(13)18-24-20(28)17-8-22-19(27(17)25-18)14-3-6-29-7-4-14/h2,5,8,12-14,16H,3-4,6-7,9-11H2,1H3,(H,24,25,28). The predicted molar refractivity (Wildman–Crippen MR) is 106 cm³/mol. The number of nitrogens with zero attached hydrogens (tertiary/aromatic N) is 6. The van der Waals surface area contributed by atoms with Gasteiger partial charge < -0.3 is 9.72 Å². The molecular formula is C20H25N7O2. The molecule has 0 aliphatic carbocycles. The topological polar surface area (TPSA) is 101 Å². The summed E-state index contributed by atoms with van der Waals surface area (Å²) in [6.45, 7) is 6.21. The minimum atomic E-state index is -0.123. The van der Waals surface area contributed by atoms with Crippen molar-refractivity contribution in [3.8, 4) is 0 Å². The van der Waals surface area contributed by atoms with Crippen LogP contribution in [0, 0.1) is 5.92 Å². The molecule has 0 spiro atoms. The van der Waals surface area contributed by atoms with Crippen LogP contribution in [-0.4, -0.2) is 60.8 Å². The lowest BCUT2D eigenvalue weighted by atomic mass is 9.97. The maximum Gasteiger partial charge on any atom is 0.276 e. The molecule has 152 valence electrons. The second kappa shape index (κ2) is 7.64. The Morgan fingerprint density at radius 2 is 2.10 bits per heavy atom. The highest BCUT2D eigenvalue weighted by Gasteiger charge is 2.33. The lowest BCUT2D eigenvalue weighted by Gasteiger charge is -2.21. The number of imidazole rings is 1. The van der Waals surface area contributed by atoms with Crippen molar-refractivity contribution in [3.05, 3.63) is 52.5 Å². The van der Waals surface area contributed by atoms with Crippen LogP contribution in [0.4, 0.5) is 0 Å². The summed E-state index contributed by atoms with van der Waals surface area (Å²) >= 11 is 0. The van der Waals surface area contributed by atoms with Gasteiger partial charge in [0.25, 0.3) is 5.56 Å². The van der Waals surface area contributed by atoms with Crippen LogP contribution < -0.4 is 5.56 Å². The molecule has 0 amide bonds. The van der Waals surface area contributed by atoms with Crippen molar-refractivity contribution >= 4 is 5.52 Å². The molecule has 2 fully saturated rings. The fraction of sp³-hybridized carbons (Fsp3) is 0.550. The Kier molecular flexibility index (Phi) is 4.84. The molecule has 0 radical (unpaired) electrons. The first-order valence-corrected chi connectivity index (χ1v) is 10.2. The van der Waals surface area contributed by atoms with E-state index < -0.39 is 0 Å². The lowest BCUT2D eigenvalue weighted by molar-refractivity contribution is 0.0832. The van der Waals surface area contributed by atoms with E-state index in [9.17, 15) is 4.79 Å². The molecule has 5 rings (SSSR count). The molecule has 2 aliphatic rings. The minimum absolute atomic E-state index is 0.123. The first-order chi connectivity index (χ1) is 14.2. The van der Waals surface area contributed by atoms with Crippen LogP contribution in [0.15, 0.2) is 29.6 Å². The van der Waals surface area contributed by atoms with Crippen LogP contribution in [0.2, 0.25) is 0 Å². The Hall–Kier alpha value is -2.65. The van der Waals surface area contributed by atoms with Gasteiger partial charge in [-0.2, -0.15) is 5.10 Å². The van der Waals surface area contributed by atoms with Gasteiger partial charge in [0.1, 0.15) is 18.0 Å². The molecule has 2 unspecified atom stereocenters. The lowest BCUT2D eigenvalue weighted by Crippen LogP contribution is -2.24. The summed E-state index contributed by atoms with van der Waals surface area (Å²) in [5, 5.41) is 4.85. The summed E-state index contributed by atoms with van der Waals surface area (Å²) in [4.78, 5) is 30.9. The second-order valence-corrected chi connectivity index (χ2v) is 8.12. The SMILES string of the molecule is CC1CN(Cc2ccncn2)CC1c1nn2c(C3CCOCC3)ncc2c(=O)[nH]1. The van der Waals surface area contributed by atoms with E-state index in [1.807, 2.05) is 6.07 Å². The van der Waals surface area contributed by atoms with E-state index >= 15 is 0 Å². The summed E-state index contributed by atoms with van der Waals surface area (Å²) in [6.07, 6.45) is 6.81. The number of fused-ring (bicyclic) bond motifs is 1. The van der Waals surface area contributed by atoms with Gasteiger partial charge in [-0.3, -0.25) is 9.69 Å². The first kappa shape index (κ1) is 18.4. The summed E-state index contributed by atoms with van der Waals surface area (Å²) in [6, 6.07) is 1.94. The normalized spacial score (nSPS) is 23.8. The number of likely N-dealkylation sites (tertiary alicyclic amines) is 1. The van der Waals surface area contributed by atoms with Gasteiger partial charge >= 0.3 is 0 Å². The van der Waals surface area contributed by atoms with Gasteiger partial charge in [-0.25, -0.2) is 19.5 Å². The van der Waals surface area contributed by atoms with E-state index in [2.05, 4.69) is 31.8 Å². The number of aromatic amines is 1. The van der Waals surface area contributed by atoms with E-state index in [1.54, 1.807) is 23.2 Å². The van der Waals surface area contributed by atoms with Gasteiger partial charge in [0.05, 0.1) is 11.9 Å². The summed E-state index contributed by atoms with van der Waals surface area (Å²) in [5.41, 5.74) is 1.39. The molecule has 2 atom stereocenters. The van der Waals surface area contributed by atoms with Gasteiger partial charge in [0.2, 0.25) is 0 Å². The van der Waals surface area contributed by atoms with Crippen molar-refractivity contribution in [1.82, 2.24) is 34.4 Å². The highest BCUT2D eigenvalue weighted by Crippen LogP contribution is 2.31. The van der Waals surface area contributed by atoms with Crippen LogP contribution in [0.1, 0.15) is 48.9 Å². The molecule has 2 saturated heterocycles. The van der Waals surface area contributed by atoms with E-state index in [0.717, 1.165) is 63.0 Å². The van der Waals surface area contributed by atoms with Crippen LogP contribution in [-0.2, 0) is 11.3 Å². The smallest absolute Gasteiger partial charge is 0.276 e. The van der Waals surface area contributed by atoms with Crippen LogP contribution in [0.5, 0.6) is 0 Å². The number of hydrogen-bond acceptors (Lipinski definition) is 7. The van der Waals surface area contributed by atoms with E-state index in [1.165, 1.54) is 0 Å². The monoisotopic (exact) mass is 395 g/mol. The summed E-state index contributed by atoms with van der Waals surface area (Å²) in [7, 11) is 0. The highest BCUT2D eigenvalue weighted by molar-refractivity contribution is 5.42. The zero-order chi connectivity index (χ0) is 19.8. The maximum absolute atomic E-state index is 12.7. The van der Waals surface area contributed by atoms with Crippen molar-refractivity contribution in [2.45, 2.75) is 38.1 Å². The number of hydrogen-bond donors (Lipinski definition) is 1. The molecule has 29 heavy (non-hydrogen) atoms. The minimum Gasteiger partial charge on any atom is -0.381 e. The van der Waals surface area contributed by atoms with E-state index in [0.29, 0.717) is 11.4 Å². The van der Waals surface area contributed by atoms with Gasteiger partial charge in [-0.1, -0.05) is 6.92 Å². The fourth-order valence-corrected chi connectivity index (χ4v) is 4.53. The Bertz CT molecular complexity index is 1040. The zero-order valence-corrected chi connectivity index (χ0v) is 16.5. The molecule has 0 aromatic carbocycles. The third-order valence-corrected chi connectivity index (χ3v) is 6.10. The molecule has 0 saturated carbocycles. The van der Waals surface area contributed by atoms with Gasteiger partial charge in [-0.15, -0.1) is 0 Å². The molecule has 9 heteroatoms. The average molecular weight is 395 g/mol. The molecule has 0 bridgehead atoms. The first-order valence-electron chi connectivity index (χ1n) is 10.2. The van der Waals surface area contributed by atoms with Crippen LogP contribution in [0.3, 0.4) is 0 Å². The number of rotatable bonds is 4. The second-order valence-electron chi connectivity index (χ2n) is 8.12. The van der Waals surface area contributed by atoms with Gasteiger partial charge in [0.15, 0.2) is 5.52 Å². The zero-order valence-electron chi connectivity index (χ0n) is 16.5. The number of aromatic nitrogens is 6. The molecule has 3 aromatic heterocycles. The average Bonchev–Trinajstić information content (AvgIpc) is 3.33. The maximum atomic E-state index is 12.7. The third kappa shape index (κ3) is 3.56. The molecule has 3 aromatic rings. The van der Waals surface area contributed by atoms with Crippen molar-refractivity contribution in [3.63, 3.8) is 0 Å². The number of ether oxygens (including phenoxy) is 1. The van der Waals surface area contributed by atoms with Gasteiger partial charge in [-0.05, 0) is 24.8 Å². The Labute approximate surface area is 168 Å². The quantitative estimate of drug-likeness (QED) is 0.711. The van der Waals surface area contributed by atoms with Crippen LogP contribution >= 0.6 is 0 Å². The van der Waals surface area contributed by atoms with Crippen molar-refractivity contribution < 1.29 is 4.74 Å². The van der Waals surface area contributed by atoms with E-state index in [4.69, 9.17) is 9.84 Å². The molecule has 5 heterocycles. The predicted octanol–water partition coefficient (Wildman–Crippen LogP) is 1.34. The molecule has 9 nitrogen and oxygen atoms in total. The van der Waals surface area contributed by atoms with Gasteiger partial charge in [0, 0.05) is 50.9 Å². The summed E-state index contributed by atoms with van der Waals surface area (Å²) < 4.78 is 7.24. The Morgan fingerprint density at radius 1 is 1.24 bits per heavy atom. The molecule has 1 N–H and O–H groups in total.